The lowest BCUT2D eigenvalue weighted by Gasteiger charge is -2.07. The third kappa shape index (κ3) is 3.93. The van der Waals surface area contributed by atoms with Crippen molar-refractivity contribution >= 4 is 34.1 Å². The number of nitrogens with one attached hydrogen (secondary N) is 1. The molecule has 0 aliphatic rings. The first-order valence-corrected chi connectivity index (χ1v) is 10.1. The summed E-state index contributed by atoms with van der Waals surface area (Å²) in [6, 6.07) is 13.1. The van der Waals surface area contributed by atoms with Crippen molar-refractivity contribution in [3.05, 3.63) is 74.8 Å². The van der Waals surface area contributed by atoms with Crippen LogP contribution in [0.2, 0.25) is 5.02 Å². The van der Waals surface area contributed by atoms with Gasteiger partial charge in [-0.3, -0.25) is 14.0 Å². The highest BCUT2D eigenvalue weighted by Crippen LogP contribution is 2.18. The number of fused-ring (bicyclic) bond motifs is 3. The van der Waals surface area contributed by atoms with Crippen LogP contribution in [-0.2, 0) is 12.8 Å². The van der Waals surface area contributed by atoms with Gasteiger partial charge in [0.15, 0.2) is 5.78 Å². The molecule has 148 valence electrons. The molecular weight excluding hydrogens is 388 g/mol. The number of aromatic amines is 1. The molecule has 6 nitrogen and oxygen atoms in total. The molecule has 0 amide bonds. The van der Waals surface area contributed by atoms with E-state index in [-0.39, 0.29) is 17.0 Å². The number of halogens is 1. The quantitative estimate of drug-likeness (QED) is 0.460. The van der Waals surface area contributed by atoms with Crippen LogP contribution in [0.15, 0.2) is 47.3 Å². The molecule has 4 rings (SSSR count). The first-order valence-electron chi connectivity index (χ1n) is 9.74. The Labute approximate surface area is 172 Å². The van der Waals surface area contributed by atoms with E-state index >= 15 is 0 Å². The molecule has 0 atom stereocenters. The number of nitrogens with zero attached hydrogens (tertiary/aromatic N) is 3. The van der Waals surface area contributed by atoms with Gasteiger partial charge in [-0.15, -0.1) is 10.2 Å². The van der Waals surface area contributed by atoms with E-state index in [0.29, 0.717) is 22.5 Å². The summed E-state index contributed by atoms with van der Waals surface area (Å²) in [6.45, 7) is 2.05. The summed E-state index contributed by atoms with van der Waals surface area (Å²) in [5, 5.41) is 8.86. The maximum Gasteiger partial charge on any atom is 0.294 e. The molecule has 2 aromatic carbocycles. The number of carbonyl (C=O) groups is 1. The van der Waals surface area contributed by atoms with Crippen molar-refractivity contribution in [2.75, 3.05) is 0 Å². The minimum Gasteiger partial charge on any atom is -0.317 e. The Morgan fingerprint density at radius 3 is 2.79 bits per heavy atom. The Hall–Kier alpha value is -2.99. The van der Waals surface area contributed by atoms with Gasteiger partial charge >= 0.3 is 0 Å². The van der Waals surface area contributed by atoms with Crippen LogP contribution in [0.5, 0.6) is 0 Å². The van der Waals surface area contributed by atoms with Gasteiger partial charge in [0.05, 0.1) is 11.0 Å². The Kier molecular flexibility index (Phi) is 5.45. The molecule has 0 unspecified atom stereocenters. The molecule has 0 radical (unpaired) electrons. The minimum absolute atomic E-state index is 0.0485. The molecule has 0 fully saturated rings. The van der Waals surface area contributed by atoms with Crippen molar-refractivity contribution in [2.24, 2.45) is 0 Å². The smallest absolute Gasteiger partial charge is 0.294 e. The normalized spacial score (nSPS) is 11.4. The van der Waals surface area contributed by atoms with Crippen molar-refractivity contribution in [1.29, 1.82) is 0 Å². The lowest BCUT2D eigenvalue weighted by Crippen LogP contribution is -2.12. The van der Waals surface area contributed by atoms with Crippen molar-refractivity contribution in [1.82, 2.24) is 19.6 Å². The second-order valence-corrected chi connectivity index (χ2v) is 7.55. The third-order valence-electron chi connectivity index (χ3n) is 4.97. The molecule has 7 heteroatoms. The minimum atomic E-state index is -0.307. The summed E-state index contributed by atoms with van der Waals surface area (Å²) < 4.78 is 1.78. The Balaban J connectivity index is 1.58. The van der Waals surface area contributed by atoms with E-state index < -0.39 is 0 Å². The van der Waals surface area contributed by atoms with Gasteiger partial charge in [0.25, 0.3) is 5.56 Å². The van der Waals surface area contributed by atoms with Gasteiger partial charge in [-0.1, -0.05) is 30.7 Å². The van der Waals surface area contributed by atoms with Crippen LogP contribution >= 0.6 is 11.6 Å². The molecule has 0 bridgehead atoms. The number of carbonyl (C=O) groups excluding carboxylic acids is 1. The van der Waals surface area contributed by atoms with Gasteiger partial charge < -0.3 is 4.98 Å². The Morgan fingerprint density at radius 2 is 2.00 bits per heavy atom. The average Bonchev–Trinajstić information content (AvgIpc) is 3.13. The first-order chi connectivity index (χ1) is 14.1. The summed E-state index contributed by atoms with van der Waals surface area (Å²) in [7, 11) is 0. The highest BCUT2D eigenvalue weighted by Gasteiger charge is 2.14. The van der Waals surface area contributed by atoms with E-state index in [9.17, 15) is 9.59 Å². The molecule has 0 aliphatic heterocycles. The number of hydrogen-bond acceptors (Lipinski definition) is 4. The van der Waals surface area contributed by atoms with Gasteiger partial charge in [0.1, 0.15) is 5.82 Å². The number of aryl methyl sites for hydroxylation is 2. The summed E-state index contributed by atoms with van der Waals surface area (Å²) in [6.07, 6.45) is 3.58. The Bertz CT molecular complexity index is 1260. The van der Waals surface area contributed by atoms with E-state index in [0.717, 1.165) is 42.6 Å². The fourth-order valence-corrected chi connectivity index (χ4v) is 3.79. The van der Waals surface area contributed by atoms with Crippen molar-refractivity contribution in [2.45, 2.75) is 39.0 Å². The zero-order valence-corrected chi connectivity index (χ0v) is 16.9. The van der Waals surface area contributed by atoms with E-state index in [4.69, 9.17) is 11.6 Å². The van der Waals surface area contributed by atoms with Crippen LogP contribution < -0.4 is 5.56 Å². The van der Waals surface area contributed by atoms with Crippen LogP contribution in [0.3, 0.4) is 0 Å². The monoisotopic (exact) mass is 408 g/mol. The van der Waals surface area contributed by atoms with Crippen LogP contribution in [0, 0.1) is 0 Å². The number of aromatic nitrogens is 4. The fraction of sp³-hybridized carbons (Fsp3) is 0.273. The largest absolute Gasteiger partial charge is 0.317 e. The van der Waals surface area contributed by atoms with Crippen molar-refractivity contribution < 1.29 is 4.79 Å². The molecule has 1 N–H and O–H groups in total. The second-order valence-electron chi connectivity index (χ2n) is 7.12. The lowest BCUT2D eigenvalue weighted by atomic mass is 10.0. The average molecular weight is 409 g/mol. The van der Waals surface area contributed by atoms with Crippen LogP contribution in [-0.4, -0.2) is 25.4 Å². The maximum atomic E-state index is 12.7. The zero-order chi connectivity index (χ0) is 20.4. The molecule has 0 saturated carbocycles. The topological polar surface area (TPSA) is 80.1 Å². The molecule has 2 aromatic heterocycles. The standard InChI is InChI=1S/C22H21ClN4O2/c1-2-5-20-25-26-21-22(29)24-17-13-15(10-11-18(17)27(20)21)19(28)9-4-7-14-6-3-8-16(23)12-14/h3,6,8,10-13H,2,4-5,7,9H2,1H3,(H,24,29). The number of rotatable bonds is 7. The number of hydrogen-bond donors (Lipinski definition) is 1. The van der Waals surface area contributed by atoms with E-state index in [1.54, 1.807) is 16.5 Å². The predicted octanol–water partition coefficient (Wildman–Crippen LogP) is 4.38. The highest BCUT2D eigenvalue weighted by atomic mass is 35.5. The lowest BCUT2D eigenvalue weighted by molar-refractivity contribution is 0.0980. The van der Waals surface area contributed by atoms with Gasteiger partial charge in [0.2, 0.25) is 5.65 Å². The molecule has 0 aliphatic carbocycles. The molecule has 2 heterocycles. The first kappa shape index (κ1) is 19.3. The SMILES string of the molecule is CCCc1nnc2c(=O)[nH]c3cc(C(=O)CCCc4cccc(Cl)c4)ccc3n12. The van der Waals surface area contributed by atoms with Crippen molar-refractivity contribution in [3.8, 4) is 0 Å². The molecule has 0 saturated heterocycles. The van der Waals surface area contributed by atoms with Crippen LogP contribution in [0.25, 0.3) is 16.7 Å². The van der Waals surface area contributed by atoms with Crippen LogP contribution in [0.4, 0.5) is 0 Å². The van der Waals surface area contributed by atoms with Crippen molar-refractivity contribution in [3.63, 3.8) is 0 Å². The van der Waals surface area contributed by atoms with Gasteiger partial charge in [-0.2, -0.15) is 0 Å². The number of H-pyrrole nitrogens is 1. The van der Waals surface area contributed by atoms with Gasteiger partial charge in [-0.05, 0) is 55.2 Å². The summed E-state index contributed by atoms with van der Waals surface area (Å²) >= 11 is 6.01. The second kappa shape index (κ2) is 8.17. The third-order valence-corrected chi connectivity index (χ3v) is 5.21. The fourth-order valence-electron chi connectivity index (χ4n) is 3.57. The zero-order valence-electron chi connectivity index (χ0n) is 16.1. The summed E-state index contributed by atoms with van der Waals surface area (Å²) in [4.78, 5) is 27.9. The number of benzene rings is 2. The highest BCUT2D eigenvalue weighted by molar-refractivity contribution is 6.30. The molecule has 0 spiro atoms. The van der Waals surface area contributed by atoms with E-state index in [1.807, 2.05) is 30.3 Å². The number of Topliss-reactive ketones (excluding diaryl/α,β-unsaturated/α-hetero) is 1. The van der Waals surface area contributed by atoms with E-state index in [1.165, 1.54) is 0 Å². The Morgan fingerprint density at radius 1 is 1.14 bits per heavy atom. The molecular formula is C22H21ClN4O2. The molecule has 4 aromatic rings. The number of ketones is 1. The molecule has 29 heavy (non-hydrogen) atoms. The predicted molar refractivity (Wildman–Crippen MR) is 114 cm³/mol. The van der Waals surface area contributed by atoms with E-state index in [2.05, 4.69) is 22.1 Å². The summed E-state index contributed by atoms with van der Waals surface area (Å²) in [5.41, 5.74) is 3.08. The van der Waals surface area contributed by atoms with Crippen LogP contribution in [0.1, 0.15) is 47.9 Å². The summed E-state index contributed by atoms with van der Waals surface area (Å²) in [5.74, 6) is 0.798. The van der Waals surface area contributed by atoms with Gasteiger partial charge in [-0.25, -0.2) is 0 Å². The van der Waals surface area contributed by atoms with Gasteiger partial charge in [0, 0.05) is 23.4 Å². The maximum absolute atomic E-state index is 12.7.